The molecule has 0 aromatic carbocycles. The summed E-state index contributed by atoms with van der Waals surface area (Å²) >= 11 is 0. The van der Waals surface area contributed by atoms with Crippen LogP contribution in [0.5, 0.6) is 0 Å². The standard InChI is InChI=1S/C10H19O4P/c1-4-13-15(11,14-5-2)10-7-6-9(3)12-8-10/h8-9H,4-7H2,1-3H3. The molecule has 1 unspecified atom stereocenters. The Morgan fingerprint density at radius 1 is 1.47 bits per heavy atom. The molecule has 0 bridgehead atoms. The van der Waals surface area contributed by atoms with E-state index in [0.29, 0.717) is 18.5 Å². The molecule has 0 aromatic rings. The Morgan fingerprint density at radius 2 is 2.07 bits per heavy atom. The van der Waals surface area contributed by atoms with Gasteiger partial charge in [0.05, 0.1) is 30.9 Å². The lowest BCUT2D eigenvalue weighted by Crippen LogP contribution is -2.11. The van der Waals surface area contributed by atoms with Crippen molar-refractivity contribution in [2.75, 3.05) is 13.2 Å². The van der Waals surface area contributed by atoms with Crippen LogP contribution in [-0.4, -0.2) is 19.3 Å². The molecule has 0 spiro atoms. The third kappa shape index (κ3) is 3.33. The van der Waals surface area contributed by atoms with E-state index in [9.17, 15) is 4.57 Å². The van der Waals surface area contributed by atoms with E-state index in [1.165, 1.54) is 0 Å². The summed E-state index contributed by atoms with van der Waals surface area (Å²) in [5, 5.41) is 0.657. The molecule has 0 fully saturated rings. The van der Waals surface area contributed by atoms with E-state index < -0.39 is 7.60 Å². The average molecular weight is 234 g/mol. The van der Waals surface area contributed by atoms with Gasteiger partial charge in [0, 0.05) is 0 Å². The lowest BCUT2D eigenvalue weighted by Gasteiger charge is -2.24. The summed E-state index contributed by atoms with van der Waals surface area (Å²) in [5.74, 6) is 0. The number of allylic oxidation sites excluding steroid dienone is 1. The van der Waals surface area contributed by atoms with Crippen LogP contribution in [0.1, 0.15) is 33.6 Å². The summed E-state index contributed by atoms with van der Waals surface area (Å²) in [6, 6.07) is 0. The van der Waals surface area contributed by atoms with Crippen LogP contribution >= 0.6 is 7.60 Å². The monoisotopic (exact) mass is 234 g/mol. The molecule has 0 aromatic heterocycles. The zero-order valence-electron chi connectivity index (χ0n) is 9.56. The molecule has 88 valence electrons. The second-order valence-corrected chi connectivity index (χ2v) is 5.51. The largest absolute Gasteiger partial charge is 0.498 e. The van der Waals surface area contributed by atoms with E-state index in [0.717, 1.165) is 12.8 Å². The molecule has 1 heterocycles. The molecule has 1 aliphatic rings. The summed E-state index contributed by atoms with van der Waals surface area (Å²) in [7, 11) is -3.09. The minimum atomic E-state index is -3.09. The third-order valence-corrected chi connectivity index (χ3v) is 4.42. The summed E-state index contributed by atoms with van der Waals surface area (Å²) in [4.78, 5) is 0. The van der Waals surface area contributed by atoms with Crippen LogP contribution in [-0.2, 0) is 18.3 Å². The van der Waals surface area contributed by atoms with Crippen molar-refractivity contribution in [1.29, 1.82) is 0 Å². The van der Waals surface area contributed by atoms with Gasteiger partial charge in [0.1, 0.15) is 0 Å². The topological polar surface area (TPSA) is 44.8 Å². The van der Waals surface area contributed by atoms with E-state index in [1.807, 2.05) is 6.92 Å². The van der Waals surface area contributed by atoms with Gasteiger partial charge in [-0.1, -0.05) is 0 Å². The second kappa shape index (κ2) is 5.69. The van der Waals surface area contributed by atoms with Crippen molar-refractivity contribution in [2.24, 2.45) is 0 Å². The van der Waals surface area contributed by atoms with Crippen molar-refractivity contribution < 1.29 is 18.3 Å². The van der Waals surface area contributed by atoms with E-state index in [-0.39, 0.29) is 6.10 Å². The van der Waals surface area contributed by atoms with Crippen molar-refractivity contribution in [2.45, 2.75) is 39.7 Å². The molecule has 0 saturated heterocycles. The summed E-state index contributed by atoms with van der Waals surface area (Å²) < 4.78 is 28.1. The molecular formula is C10H19O4P. The van der Waals surface area contributed by atoms with E-state index in [2.05, 4.69) is 0 Å². The molecule has 1 aliphatic heterocycles. The van der Waals surface area contributed by atoms with E-state index in [4.69, 9.17) is 13.8 Å². The van der Waals surface area contributed by atoms with Crippen molar-refractivity contribution in [1.82, 2.24) is 0 Å². The highest BCUT2D eigenvalue weighted by molar-refractivity contribution is 7.58. The number of ether oxygens (including phenoxy) is 1. The smallest absolute Gasteiger partial charge is 0.360 e. The summed E-state index contributed by atoms with van der Waals surface area (Å²) in [5.41, 5.74) is 0. The molecular weight excluding hydrogens is 215 g/mol. The van der Waals surface area contributed by atoms with Crippen LogP contribution in [0.15, 0.2) is 11.6 Å². The fourth-order valence-corrected chi connectivity index (χ4v) is 3.10. The molecule has 0 aliphatic carbocycles. The normalized spacial score (nSPS) is 22.1. The first-order valence-corrected chi connectivity index (χ1v) is 6.90. The molecule has 4 nitrogen and oxygen atoms in total. The summed E-state index contributed by atoms with van der Waals surface area (Å²) in [6.07, 6.45) is 3.31. The lowest BCUT2D eigenvalue weighted by molar-refractivity contribution is 0.135. The van der Waals surface area contributed by atoms with Crippen molar-refractivity contribution in [3.05, 3.63) is 11.6 Å². The zero-order valence-corrected chi connectivity index (χ0v) is 10.5. The van der Waals surface area contributed by atoms with Gasteiger partial charge in [-0.25, -0.2) is 0 Å². The molecule has 15 heavy (non-hydrogen) atoms. The molecule has 0 saturated carbocycles. The van der Waals surface area contributed by atoms with Crippen LogP contribution in [0.2, 0.25) is 0 Å². The predicted octanol–water partition coefficient (Wildman–Crippen LogP) is 3.29. The first kappa shape index (κ1) is 12.8. The zero-order chi connectivity index (χ0) is 11.3. The Balaban J connectivity index is 2.76. The quantitative estimate of drug-likeness (QED) is 0.684. The van der Waals surface area contributed by atoms with Crippen molar-refractivity contribution in [3.63, 3.8) is 0 Å². The van der Waals surface area contributed by atoms with Crippen LogP contribution in [0.4, 0.5) is 0 Å². The molecule has 0 N–H and O–H groups in total. The Morgan fingerprint density at radius 3 is 2.47 bits per heavy atom. The van der Waals surface area contributed by atoms with E-state index in [1.54, 1.807) is 20.1 Å². The van der Waals surface area contributed by atoms with Crippen LogP contribution in [0.25, 0.3) is 0 Å². The maximum Gasteiger partial charge on any atom is 0.360 e. The van der Waals surface area contributed by atoms with Crippen LogP contribution in [0.3, 0.4) is 0 Å². The van der Waals surface area contributed by atoms with Gasteiger partial charge in [-0.3, -0.25) is 4.57 Å². The van der Waals surface area contributed by atoms with Crippen LogP contribution < -0.4 is 0 Å². The minimum absolute atomic E-state index is 0.186. The molecule has 0 radical (unpaired) electrons. The number of hydrogen-bond donors (Lipinski definition) is 0. The third-order valence-electron chi connectivity index (χ3n) is 2.19. The maximum atomic E-state index is 12.3. The first-order valence-electron chi connectivity index (χ1n) is 5.36. The minimum Gasteiger partial charge on any atom is -0.498 e. The Kier molecular flexibility index (Phi) is 4.84. The van der Waals surface area contributed by atoms with Gasteiger partial charge >= 0.3 is 7.60 Å². The van der Waals surface area contributed by atoms with Gasteiger partial charge < -0.3 is 13.8 Å². The van der Waals surface area contributed by atoms with Gasteiger partial charge in [0.25, 0.3) is 0 Å². The highest BCUT2D eigenvalue weighted by atomic mass is 31.2. The Labute approximate surface area is 91.1 Å². The predicted molar refractivity (Wildman–Crippen MR) is 58.7 cm³/mol. The van der Waals surface area contributed by atoms with Gasteiger partial charge in [-0.15, -0.1) is 0 Å². The molecule has 1 rings (SSSR count). The van der Waals surface area contributed by atoms with Crippen molar-refractivity contribution in [3.8, 4) is 0 Å². The highest BCUT2D eigenvalue weighted by Crippen LogP contribution is 2.58. The lowest BCUT2D eigenvalue weighted by atomic mass is 10.2. The molecule has 1 atom stereocenters. The van der Waals surface area contributed by atoms with Crippen molar-refractivity contribution >= 4 is 7.60 Å². The van der Waals surface area contributed by atoms with Gasteiger partial charge in [-0.2, -0.15) is 0 Å². The highest BCUT2D eigenvalue weighted by Gasteiger charge is 2.32. The van der Waals surface area contributed by atoms with Gasteiger partial charge in [0.15, 0.2) is 0 Å². The fourth-order valence-electron chi connectivity index (χ4n) is 1.42. The first-order chi connectivity index (χ1) is 7.12. The molecule has 5 heteroatoms. The maximum absolute atomic E-state index is 12.3. The second-order valence-electron chi connectivity index (χ2n) is 3.43. The number of hydrogen-bond acceptors (Lipinski definition) is 4. The fraction of sp³-hybridized carbons (Fsp3) is 0.800. The SMILES string of the molecule is CCOP(=O)(OCC)C1=COC(C)CC1. The average Bonchev–Trinajstić information content (AvgIpc) is 2.19. The Hall–Kier alpha value is -0.310. The summed E-state index contributed by atoms with van der Waals surface area (Å²) in [6.45, 7) is 6.35. The molecule has 0 amide bonds. The van der Waals surface area contributed by atoms with E-state index >= 15 is 0 Å². The van der Waals surface area contributed by atoms with Crippen LogP contribution in [0, 0.1) is 0 Å². The Bertz CT molecular complexity index is 265. The number of rotatable bonds is 5. The van der Waals surface area contributed by atoms with Gasteiger partial charge in [-0.05, 0) is 33.6 Å². The van der Waals surface area contributed by atoms with Gasteiger partial charge in [0.2, 0.25) is 0 Å².